The predicted octanol–water partition coefficient (Wildman–Crippen LogP) is 7.32. The summed E-state index contributed by atoms with van der Waals surface area (Å²) in [6, 6.07) is 10.8. The van der Waals surface area contributed by atoms with E-state index < -0.39 is 0 Å². The zero-order valence-corrected chi connectivity index (χ0v) is 16.9. The normalized spacial score (nSPS) is 11.7. The first-order valence-corrected chi connectivity index (χ1v) is 10.6. The minimum atomic E-state index is -0.319. The second kappa shape index (κ2) is 8.87. The Morgan fingerprint density at radius 2 is 1.75 bits per heavy atom. The number of thiophene rings is 1. The molecule has 1 aromatic carbocycles. The third-order valence-corrected chi connectivity index (χ3v) is 5.99. The fraction of sp³-hybridized carbons (Fsp3) is 0.476. The van der Waals surface area contributed by atoms with Gasteiger partial charge in [0.2, 0.25) is 0 Å². The molecule has 0 aliphatic rings. The Kier molecular flexibility index (Phi) is 7.12. The Morgan fingerprint density at radius 3 is 2.38 bits per heavy atom. The third-order valence-electron chi connectivity index (χ3n) is 3.96. The molecule has 24 heavy (non-hydrogen) atoms. The van der Waals surface area contributed by atoms with Gasteiger partial charge in [-0.15, -0.1) is 23.1 Å². The average molecular weight is 361 g/mol. The highest BCUT2D eigenvalue weighted by Crippen LogP contribution is 2.31. The van der Waals surface area contributed by atoms with E-state index in [0.717, 1.165) is 10.4 Å². The molecular weight excluding hydrogens is 332 g/mol. The fourth-order valence-corrected chi connectivity index (χ4v) is 4.42. The molecule has 1 nitrogen and oxygen atoms in total. The van der Waals surface area contributed by atoms with Crippen LogP contribution in [0.3, 0.4) is 0 Å². The van der Waals surface area contributed by atoms with E-state index >= 15 is 0 Å². The van der Waals surface area contributed by atoms with Gasteiger partial charge in [-0.25, -0.2) is 0 Å². The van der Waals surface area contributed by atoms with Crippen LogP contribution < -0.4 is 0 Å². The highest BCUT2D eigenvalue weighted by molar-refractivity contribution is 7.99. The van der Waals surface area contributed by atoms with Crippen molar-refractivity contribution in [3.8, 4) is 11.1 Å². The molecule has 0 atom stereocenters. The first-order valence-electron chi connectivity index (χ1n) is 8.78. The van der Waals surface area contributed by atoms with Gasteiger partial charge in [0, 0.05) is 10.3 Å². The maximum Gasteiger partial charge on any atom is 0.178 e. The maximum absolute atomic E-state index is 12.4. The van der Waals surface area contributed by atoms with Crippen LogP contribution in [0.2, 0.25) is 0 Å². The summed E-state index contributed by atoms with van der Waals surface area (Å²) in [4.78, 5) is 14.5. The summed E-state index contributed by atoms with van der Waals surface area (Å²) in [5, 5.41) is 2.09. The molecule has 1 aromatic heterocycles. The van der Waals surface area contributed by atoms with E-state index in [-0.39, 0.29) is 11.2 Å². The predicted molar refractivity (Wildman–Crippen MR) is 108 cm³/mol. The SMILES string of the molecule is CCCCCCSc1ccc(-c2csc(C(=O)C(C)(C)C)c2)cc1. The number of Topliss-reactive ketones (excluding diaryl/α,β-unsaturated/α-hetero) is 1. The van der Waals surface area contributed by atoms with E-state index in [0.29, 0.717) is 0 Å². The van der Waals surface area contributed by atoms with Crippen LogP contribution in [0, 0.1) is 5.41 Å². The number of unbranched alkanes of at least 4 members (excludes halogenated alkanes) is 3. The number of thioether (sulfide) groups is 1. The van der Waals surface area contributed by atoms with Gasteiger partial charge in [0.15, 0.2) is 5.78 Å². The second-order valence-corrected chi connectivity index (χ2v) is 9.29. The van der Waals surface area contributed by atoms with Crippen LogP contribution in [0.1, 0.15) is 63.0 Å². The van der Waals surface area contributed by atoms with Gasteiger partial charge in [0.05, 0.1) is 4.88 Å². The van der Waals surface area contributed by atoms with Crippen LogP contribution in [0.25, 0.3) is 11.1 Å². The molecule has 0 fully saturated rings. The molecule has 0 spiro atoms. The molecule has 0 aliphatic heterocycles. The quantitative estimate of drug-likeness (QED) is 0.279. The minimum absolute atomic E-state index is 0.220. The lowest BCUT2D eigenvalue weighted by Gasteiger charge is -2.14. The van der Waals surface area contributed by atoms with Crippen molar-refractivity contribution in [1.29, 1.82) is 0 Å². The number of hydrogen-bond donors (Lipinski definition) is 0. The van der Waals surface area contributed by atoms with Crippen LogP contribution in [-0.2, 0) is 0 Å². The molecule has 0 amide bonds. The zero-order valence-electron chi connectivity index (χ0n) is 15.2. The summed E-state index contributed by atoms with van der Waals surface area (Å²) >= 11 is 3.49. The summed E-state index contributed by atoms with van der Waals surface area (Å²) in [6.45, 7) is 8.17. The van der Waals surface area contributed by atoms with Crippen molar-refractivity contribution < 1.29 is 4.79 Å². The van der Waals surface area contributed by atoms with Crippen molar-refractivity contribution in [3.63, 3.8) is 0 Å². The molecule has 0 unspecified atom stereocenters. The van der Waals surface area contributed by atoms with E-state index in [9.17, 15) is 4.79 Å². The molecule has 3 heteroatoms. The summed E-state index contributed by atoms with van der Waals surface area (Å²) in [6.07, 6.45) is 5.26. The number of hydrogen-bond acceptors (Lipinski definition) is 3. The Morgan fingerprint density at radius 1 is 1.04 bits per heavy atom. The lowest BCUT2D eigenvalue weighted by molar-refractivity contribution is 0.0863. The molecule has 0 N–H and O–H groups in total. The molecule has 0 saturated heterocycles. The van der Waals surface area contributed by atoms with E-state index in [1.807, 2.05) is 38.6 Å². The molecule has 1 heterocycles. The van der Waals surface area contributed by atoms with Crippen LogP contribution in [-0.4, -0.2) is 11.5 Å². The first kappa shape index (κ1) is 19.3. The summed E-state index contributed by atoms with van der Waals surface area (Å²) in [5.74, 6) is 1.42. The Balaban J connectivity index is 1.96. The van der Waals surface area contributed by atoms with Crippen molar-refractivity contribution in [1.82, 2.24) is 0 Å². The van der Waals surface area contributed by atoms with E-state index in [4.69, 9.17) is 0 Å². The van der Waals surface area contributed by atoms with E-state index in [1.54, 1.807) is 11.3 Å². The standard InChI is InChI=1S/C21H28OS2/c1-5-6-7-8-13-23-18-11-9-16(10-12-18)17-14-19(24-15-17)20(22)21(2,3)4/h9-12,14-15H,5-8,13H2,1-4H3. The van der Waals surface area contributed by atoms with Gasteiger partial charge in [0.25, 0.3) is 0 Å². The van der Waals surface area contributed by atoms with Gasteiger partial charge >= 0.3 is 0 Å². The Labute approximate surface area is 154 Å². The largest absolute Gasteiger partial charge is 0.293 e. The molecule has 2 aromatic rings. The van der Waals surface area contributed by atoms with Crippen molar-refractivity contribution in [2.24, 2.45) is 5.41 Å². The number of benzene rings is 1. The van der Waals surface area contributed by atoms with E-state index in [1.165, 1.54) is 41.9 Å². The van der Waals surface area contributed by atoms with Crippen LogP contribution in [0.4, 0.5) is 0 Å². The Hall–Kier alpha value is -1.06. The Bertz CT molecular complexity index is 647. The van der Waals surface area contributed by atoms with Gasteiger partial charge in [-0.1, -0.05) is 59.1 Å². The molecule has 2 rings (SSSR count). The van der Waals surface area contributed by atoms with Gasteiger partial charge < -0.3 is 0 Å². The molecule has 130 valence electrons. The van der Waals surface area contributed by atoms with Gasteiger partial charge in [-0.2, -0.15) is 0 Å². The molecular formula is C21H28OS2. The average Bonchev–Trinajstić information content (AvgIpc) is 3.03. The van der Waals surface area contributed by atoms with Crippen molar-refractivity contribution in [2.75, 3.05) is 5.75 Å². The maximum atomic E-state index is 12.4. The lowest BCUT2D eigenvalue weighted by atomic mass is 9.90. The minimum Gasteiger partial charge on any atom is -0.293 e. The third kappa shape index (κ3) is 5.49. The molecule has 0 aliphatic carbocycles. The van der Waals surface area contributed by atoms with Crippen LogP contribution in [0.5, 0.6) is 0 Å². The zero-order chi connectivity index (χ0) is 17.6. The lowest BCUT2D eigenvalue weighted by Crippen LogP contribution is -2.18. The highest BCUT2D eigenvalue weighted by Gasteiger charge is 2.24. The molecule has 0 radical (unpaired) electrons. The van der Waals surface area contributed by atoms with Gasteiger partial charge in [0.1, 0.15) is 0 Å². The van der Waals surface area contributed by atoms with Crippen molar-refractivity contribution in [3.05, 3.63) is 40.6 Å². The second-order valence-electron chi connectivity index (χ2n) is 7.21. The number of carbonyl (C=O) groups is 1. The first-order chi connectivity index (χ1) is 11.4. The monoisotopic (exact) mass is 360 g/mol. The van der Waals surface area contributed by atoms with E-state index in [2.05, 4.69) is 36.6 Å². The number of ketones is 1. The summed E-state index contributed by atoms with van der Waals surface area (Å²) < 4.78 is 0. The van der Waals surface area contributed by atoms with Gasteiger partial charge in [-0.05, 0) is 46.9 Å². The van der Waals surface area contributed by atoms with Crippen molar-refractivity contribution in [2.45, 2.75) is 58.3 Å². The smallest absolute Gasteiger partial charge is 0.178 e. The topological polar surface area (TPSA) is 17.1 Å². The van der Waals surface area contributed by atoms with Crippen LogP contribution in [0.15, 0.2) is 40.6 Å². The number of rotatable bonds is 8. The highest BCUT2D eigenvalue weighted by atomic mass is 32.2. The fourth-order valence-electron chi connectivity index (χ4n) is 2.44. The summed E-state index contributed by atoms with van der Waals surface area (Å²) in [7, 11) is 0. The summed E-state index contributed by atoms with van der Waals surface area (Å²) in [5.41, 5.74) is 2.02. The number of carbonyl (C=O) groups excluding carboxylic acids is 1. The van der Waals surface area contributed by atoms with Gasteiger partial charge in [-0.3, -0.25) is 4.79 Å². The molecule has 0 saturated carbocycles. The molecule has 0 bridgehead atoms. The van der Waals surface area contributed by atoms with Crippen LogP contribution >= 0.6 is 23.1 Å². The van der Waals surface area contributed by atoms with Crippen molar-refractivity contribution >= 4 is 28.9 Å².